The quantitative estimate of drug-likeness (QED) is 0.666. The van der Waals surface area contributed by atoms with Crippen LogP contribution < -0.4 is 5.73 Å². The molecule has 0 saturated heterocycles. The van der Waals surface area contributed by atoms with Gasteiger partial charge in [0.1, 0.15) is 5.75 Å². The van der Waals surface area contributed by atoms with Crippen molar-refractivity contribution in [2.75, 3.05) is 0 Å². The van der Waals surface area contributed by atoms with Crippen LogP contribution >= 0.6 is 0 Å². The highest BCUT2D eigenvalue weighted by Gasteiger charge is 2.07. The highest BCUT2D eigenvalue weighted by molar-refractivity contribution is 5.82. The molecule has 0 fully saturated rings. The smallest absolute Gasteiger partial charge is 0.117 e. The Balaban J connectivity index is 2.47. The highest BCUT2D eigenvalue weighted by Crippen LogP contribution is 2.21. The van der Waals surface area contributed by atoms with Gasteiger partial charge in [0.05, 0.1) is 5.52 Å². The Bertz CT molecular complexity index is 448. The van der Waals surface area contributed by atoms with Crippen molar-refractivity contribution < 1.29 is 5.11 Å². The molecule has 0 spiro atoms. The minimum absolute atomic E-state index is 0.104. The van der Waals surface area contributed by atoms with Gasteiger partial charge in [-0.25, -0.2) is 0 Å². The minimum atomic E-state index is 0.104. The molecule has 0 amide bonds. The molecular weight excluding hydrogens is 178 g/mol. The summed E-state index contributed by atoms with van der Waals surface area (Å²) >= 11 is 0. The first kappa shape index (κ1) is 9.02. The van der Waals surface area contributed by atoms with Crippen LogP contribution in [0.15, 0.2) is 18.2 Å². The summed E-state index contributed by atoms with van der Waals surface area (Å²) < 4.78 is 0. The second-order valence-corrected chi connectivity index (χ2v) is 3.59. The van der Waals surface area contributed by atoms with E-state index < -0.39 is 0 Å². The molecule has 1 heterocycles. The molecule has 1 atom stereocenters. The van der Waals surface area contributed by atoms with Gasteiger partial charge in [0.25, 0.3) is 0 Å². The van der Waals surface area contributed by atoms with Crippen molar-refractivity contribution in [1.82, 2.24) is 10.2 Å². The van der Waals surface area contributed by atoms with Crippen LogP contribution in [0.1, 0.15) is 12.6 Å². The van der Waals surface area contributed by atoms with E-state index >= 15 is 0 Å². The molecule has 0 radical (unpaired) electrons. The Morgan fingerprint density at radius 1 is 1.57 bits per heavy atom. The number of rotatable bonds is 2. The Morgan fingerprint density at radius 2 is 2.36 bits per heavy atom. The fourth-order valence-corrected chi connectivity index (χ4v) is 1.53. The molecule has 0 aliphatic heterocycles. The van der Waals surface area contributed by atoms with Crippen LogP contribution in [0.4, 0.5) is 0 Å². The van der Waals surface area contributed by atoms with Crippen molar-refractivity contribution in [1.29, 1.82) is 0 Å². The van der Waals surface area contributed by atoms with E-state index in [4.69, 9.17) is 5.73 Å². The number of fused-ring (bicyclic) bond motifs is 1. The van der Waals surface area contributed by atoms with Gasteiger partial charge in [-0.1, -0.05) is 0 Å². The fourth-order valence-electron chi connectivity index (χ4n) is 1.53. The zero-order valence-electron chi connectivity index (χ0n) is 7.99. The lowest BCUT2D eigenvalue weighted by atomic mass is 10.1. The van der Waals surface area contributed by atoms with Crippen LogP contribution in [0.5, 0.6) is 5.75 Å². The lowest BCUT2D eigenvalue weighted by molar-refractivity contribution is 0.476. The topological polar surface area (TPSA) is 74.9 Å². The SMILES string of the molecule is C[C@@H](N)Cc1[nH]nc2cc(O)ccc12. The van der Waals surface area contributed by atoms with Gasteiger partial charge in [0.15, 0.2) is 0 Å². The molecule has 2 aromatic rings. The van der Waals surface area contributed by atoms with Gasteiger partial charge >= 0.3 is 0 Å². The zero-order valence-corrected chi connectivity index (χ0v) is 7.99. The van der Waals surface area contributed by atoms with Crippen LogP contribution in [0.25, 0.3) is 10.9 Å². The van der Waals surface area contributed by atoms with Crippen molar-refractivity contribution in [3.63, 3.8) is 0 Å². The summed E-state index contributed by atoms with van der Waals surface area (Å²) in [6.07, 6.45) is 0.765. The molecule has 2 rings (SSSR count). The normalized spacial score (nSPS) is 13.3. The van der Waals surface area contributed by atoms with E-state index in [9.17, 15) is 5.11 Å². The third-order valence-corrected chi connectivity index (χ3v) is 2.14. The van der Waals surface area contributed by atoms with Crippen molar-refractivity contribution in [3.05, 3.63) is 23.9 Å². The number of nitrogens with one attached hydrogen (secondary N) is 1. The maximum Gasteiger partial charge on any atom is 0.117 e. The number of benzene rings is 1. The largest absolute Gasteiger partial charge is 0.508 e. The molecule has 74 valence electrons. The number of aromatic amines is 1. The first-order valence-electron chi connectivity index (χ1n) is 4.58. The van der Waals surface area contributed by atoms with Crippen molar-refractivity contribution in [2.24, 2.45) is 5.73 Å². The summed E-state index contributed by atoms with van der Waals surface area (Å²) in [7, 11) is 0. The van der Waals surface area contributed by atoms with Crippen molar-refractivity contribution in [3.8, 4) is 5.75 Å². The van der Waals surface area contributed by atoms with E-state index in [1.807, 2.05) is 13.0 Å². The standard InChI is InChI=1S/C10H13N3O/c1-6(11)4-9-8-3-2-7(14)5-10(8)13-12-9/h2-3,5-6,14H,4,11H2,1H3,(H,12,13)/t6-/m1/s1. The molecule has 0 aliphatic rings. The molecule has 4 N–H and O–H groups in total. The maximum atomic E-state index is 9.24. The number of nitrogens with zero attached hydrogens (tertiary/aromatic N) is 1. The van der Waals surface area contributed by atoms with Crippen molar-refractivity contribution in [2.45, 2.75) is 19.4 Å². The molecule has 1 aromatic carbocycles. The van der Waals surface area contributed by atoms with Crippen LogP contribution in [0.3, 0.4) is 0 Å². The average Bonchev–Trinajstić information content (AvgIpc) is 2.47. The molecule has 0 aliphatic carbocycles. The number of hydrogen-bond acceptors (Lipinski definition) is 3. The molecule has 4 nitrogen and oxygen atoms in total. The predicted molar refractivity (Wildman–Crippen MR) is 55.1 cm³/mol. The maximum absolute atomic E-state index is 9.24. The predicted octanol–water partition coefficient (Wildman–Crippen LogP) is 1.16. The van der Waals surface area contributed by atoms with E-state index in [1.165, 1.54) is 0 Å². The number of phenols is 1. The van der Waals surface area contributed by atoms with Gasteiger partial charge in [-0.2, -0.15) is 5.10 Å². The van der Waals surface area contributed by atoms with E-state index in [-0.39, 0.29) is 11.8 Å². The van der Waals surface area contributed by atoms with E-state index in [2.05, 4.69) is 10.2 Å². The van der Waals surface area contributed by atoms with Crippen LogP contribution in [0, 0.1) is 0 Å². The second-order valence-electron chi connectivity index (χ2n) is 3.59. The molecule has 0 unspecified atom stereocenters. The van der Waals surface area contributed by atoms with Crippen LogP contribution in [-0.4, -0.2) is 21.3 Å². The summed E-state index contributed by atoms with van der Waals surface area (Å²) in [6, 6.07) is 5.25. The summed E-state index contributed by atoms with van der Waals surface area (Å²) in [6.45, 7) is 1.95. The summed E-state index contributed by atoms with van der Waals surface area (Å²) in [5.41, 5.74) is 7.51. The average molecular weight is 191 g/mol. The Morgan fingerprint density at radius 3 is 3.07 bits per heavy atom. The highest BCUT2D eigenvalue weighted by atomic mass is 16.3. The summed E-state index contributed by atoms with van der Waals surface area (Å²) in [5.74, 6) is 0.233. The molecule has 4 heteroatoms. The van der Waals surface area contributed by atoms with Gasteiger partial charge in [0.2, 0.25) is 0 Å². The van der Waals surface area contributed by atoms with Crippen LogP contribution in [-0.2, 0) is 6.42 Å². The summed E-state index contributed by atoms with van der Waals surface area (Å²) in [5, 5.41) is 17.3. The molecule has 0 saturated carbocycles. The minimum Gasteiger partial charge on any atom is -0.508 e. The van der Waals surface area contributed by atoms with E-state index in [1.54, 1.807) is 12.1 Å². The number of hydrogen-bond donors (Lipinski definition) is 3. The lowest BCUT2D eigenvalue weighted by Gasteiger charge is -2.01. The monoisotopic (exact) mass is 191 g/mol. The molecular formula is C10H13N3O. The Kier molecular flexibility index (Phi) is 2.13. The van der Waals surface area contributed by atoms with Gasteiger partial charge in [0, 0.05) is 29.6 Å². The fraction of sp³-hybridized carbons (Fsp3) is 0.300. The first-order valence-corrected chi connectivity index (χ1v) is 4.58. The number of H-pyrrole nitrogens is 1. The number of phenolic OH excluding ortho intramolecular Hbond substituents is 1. The summed E-state index contributed by atoms with van der Waals surface area (Å²) in [4.78, 5) is 0. The number of nitrogens with two attached hydrogens (primary N) is 1. The van der Waals surface area contributed by atoms with Gasteiger partial charge < -0.3 is 10.8 Å². The van der Waals surface area contributed by atoms with Gasteiger partial charge in [-0.3, -0.25) is 5.10 Å². The third-order valence-electron chi connectivity index (χ3n) is 2.14. The van der Waals surface area contributed by atoms with Gasteiger partial charge in [-0.05, 0) is 19.1 Å². The lowest BCUT2D eigenvalue weighted by Crippen LogP contribution is -2.18. The van der Waals surface area contributed by atoms with Crippen molar-refractivity contribution >= 4 is 10.9 Å². The molecule has 14 heavy (non-hydrogen) atoms. The zero-order chi connectivity index (χ0) is 10.1. The molecule has 1 aromatic heterocycles. The molecule has 0 bridgehead atoms. The van der Waals surface area contributed by atoms with Gasteiger partial charge in [-0.15, -0.1) is 0 Å². The number of aromatic nitrogens is 2. The second kappa shape index (κ2) is 3.31. The van der Waals surface area contributed by atoms with E-state index in [0.29, 0.717) is 0 Å². The third kappa shape index (κ3) is 1.56. The van der Waals surface area contributed by atoms with E-state index in [0.717, 1.165) is 23.0 Å². The number of aromatic hydroxyl groups is 1. The Labute approximate surface area is 81.7 Å². The van der Waals surface area contributed by atoms with Crippen LogP contribution in [0.2, 0.25) is 0 Å². The first-order chi connectivity index (χ1) is 6.66. The Hall–Kier alpha value is -1.55.